The first-order valence-corrected chi connectivity index (χ1v) is 8.92. The van der Waals surface area contributed by atoms with Crippen LogP contribution in [-0.2, 0) is 11.3 Å². The first-order chi connectivity index (χ1) is 12.6. The van der Waals surface area contributed by atoms with E-state index in [0.717, 1.165) is 6.08 Å². The topological polar surface area (TPSA) is 29.1 Å². The zero-order chi connectivity index (χ0) is 20.2. The molecule has 27 heavy (non-hydrogen) atoms. The predicted molar refractivity (Wildman–Crippen MR) is 103 cm³/mol. The van der Waals surface area contributed by atoms with Gasteiger partial charge in [0.2, 0.25) is 6.41 Å². The highest BCUT2D eigenvalue weighted by Gasteiger charge is 2.39. The molecule has 1 unspecified atom stereocenters. The van der Waals surface area contributed by atoms with Crippen molar-refractivity contribution in [1.82, 2.24) is 5.32 Å². The summed E-state index contributed by atoms with van der Waals surface area (Å²) < 4.78 is 40.7. The Hall–Kier alpha value is -1.69. The van der Waals surface area contributed by atoms with Gasteiger partial charge in [0.15, 0.2) is 0 Å². The molecular formula is C19H15Cl3F3NO. The van der Waals surface area contributed by atoms with E-state index in [1.165, 1.54) is 24.3 Å². The zero-order valence-corrected chi connectivity index (χ0v) is 16.3. The van der Waals surface area contributed by atoms with E-state index in [1.54, 1.807) is 19.1 Å². The van der Waals surface area contributed by atoms with Crippen molar-refractivity contribution in [2.24, 2.45) is 0 Å². The lowest BCUT2D eigenvalue weighted by Gasteiger charge is -2.19. The minimum Gasteiger partial charge on any atom is -0.355 e. The number of hydrogen-bond acceptors (Lipinski definition) is 1. The number of allylic oxidation sites excluding steroid dienone is 1. The third-order valence-corrected chi connectivity index (χ3v) is 5.09. The molecule has 1 N–H and O–H groups in total. The van der Waals surface area contributed by atoms with Gasteiger partial charge in [-0.05, 0) is 47.4 Å². The molecule has 0 saturated carbocycles. The van der Waals surface area contributed by atoms with Crippen LogP contribution in [0.25, 0.3) is 6.08 Å². The number of benzene rings is 2. The van der Waals surface area contributed by atoms with E-state index in [9.17, 15) is 18.0 Å². The summed E-state index contributed by atoms with van der Waals surface area (Å²) in [6, 6.07) is 7.33. The fraction of sp³-hybridized carbons (Fsp3) is 0.211. The van der Waals surface area contributed by atoms with Crippen molar-refractivity contribution in [3.05, 3.63) is 73.7 Å². The molecule has 0 aromatic heterocycles. The van der Waals surface area contributed by atoms with Gasteiger partial charge in [-0.2, -0.15) is 13.2 Å². The van der Waals surface area contributed by atoms with Gasteiger partial charge in [-0.25, -0.2) is 0 Å². The Morgan fingerprint density at radius 1 is 1.07 bits per heavy atom. The summed E-state index contributed by atoms with van der Waals surface area (Å²) in [6.45, 7) is 1.87. The van der Waals surface area contributed by atoms with Crippen molar-refractivity contribution >= 4 is 47.3 Å². The van der Waals surface area contributed by atoms with Crippen LogP contribution < -0.4 is 5.32 Å². The first-order valence-electron chi connectivity index (χ1n) is 7.79. The maximum atomic E-state index is 13.6. The monoisotopic (exact) mass is 435 g/mol. The molecule has 0 aliphatic rings. The number of rotatable bonds is 6. The first kappa shape index (κ1) is 21.6. The summed E-state index contributed by atoms with van der Waals surface area (Å²) in [5.41, 5.74) is 1.63. The highest BCUT2D eigenvalue weighted by atomic mass is 35.5. The molecule has 2 rings (SSSR count). The van der Waals surface area contributed by atoms with Gasteiger partial charge in [0, 0.05) is 21.6 Å². The molecule has 0 fully saturated rings. The van der Waals surface area contributed by atoms with Crippen molar-refractivity contribution in [3.8, 4) is 0 Å². The molecule has 1 atom stereocenters. The third kappa shape index (κ3) is 5.64. The van der Waals surface area contributed by atoms with Crippen LogP contribution in [0.1, 0.15) is 28.2 Å². The number of carbonyl (C=O) groups excluding carboxylic acids is 1. The average molecular weight is 437 g/mol. The van der Waals surface area contributed by atoms with Crippen LogP contribution in [0.2, 0.25) is 15.1 Å². The second kappa shape index (κ2) is 9.00. The maximum absolute atomic E-state index is 13.6. The number of nitrogens with one attached hydrogen (secondary N) is 1. The van der Waals surface area contributed by atoms with E-state index in [0.29, 0.717) is 28.1 Å². The highest BCUT2D eigenvalue weighted by Crippen LogP contribution is 2.39. The number of halogens is 6. The second-order valence-corrected chi connectivity index (χ2v) is 7.06. The van der Waals surface area contributed by atoms with Crippen molar-refractivity contribution in [2.75, 3.05) is 0 Å². The highest BCUT2D eigenvalue weighted by molar-refractivity contribution is 6.36. The van der Waals surface area contributed by atoms with E-state index >= 15 is 0 Å². The zero-order valence-electron chi connectivity index (χ0n) is 14.1. The van der Waals surface area contributed by atoms with Crippen molar-refractivity contribution < 1.29 is 18.0 Å². The van der Waals surface area contributed by atoms with Crippen molar-refractivity contribution in [2.45, 2.75) is 25.6 Å². The van der Waals surface area contributed by atoms with E-state index in [4.69, 9.17) is 34.8 Å². The molecule has 0 radical (unpaired) electrons. The summed E-state index contributed by atoms with van der Waals surface area (Å²) in [5.74, 6) is -1.87. The van der Waals surface area contributed by atoms with Gasteiger partial charge in [-0.1, -0.05) is 59.1 Å². The normalized spacial score (nSPS) is 13.0. The lowest BCUT2D eigenvalue weighted by Crippen LogP contribution is -2.19. The Morgan fingerprint density at radius 3 is 2.22 bits per heavy atom. The van der Waals surface area contributed by atoms with Gasteiger partial charge in [0.05, 0.1) is 5.92 Å². The molecule has 0 bridgehead atoms. The molecular weight excluding hydrogens is 422 g/mol. The molecule has 0 spiro atoms. The van der Waals surface area contributed by atoms with Crippen molar-refractivity contribution in [3.63, 3.8) is 0 Å². The Labute approximate surface area is 169 Å². The van der Waals surface area contributed by atoms with E-state index in [-0.39, 0.29) is 22.2 Å². The number of alkyl halides is 3. The van der Waals surface area contributed by atoms with Gasteiger partial charge in [-0.15, -0.1) is 0 Å². The summed E-state index contributed by atoms with van der Waals surface area (Å²) in [6.07, 6.45) is -1.61. The fourth-order valence-corrected chi connectivity index (χ4v) is 3.18. The average Bonchev–Trinajstić information content (AvgIpc) is 2.58. The van der Waals surface area contributed by atoms with Gasteiger partial charge in [0.25, 0.3) is 0 Å². The Balaban J connectivity index is 2.34. The lowest BCUT2D eigenvalue weighted by molar-refractivity contribution is -0.139. The van der Waals surface area contributed by atoms with Gasteiger partial charge < -0.3 is 5.32 Å². The minimum absolute atomic E-state index is 0.0442. The van der Waals surface area contributed by atoms with Crippen LogP contribution in [0.15, 0.2) is 36.4 Å². The van der Waals surface area contributed by atoms with Crippen LogP contribution in [-0.4, -0.2) is 12.6 Å². The van der Waals surface area contributed by atoms with Gasteiger partial charge in [-0.3, -0.25) is 4.79 Å². The van der Waals surface area contributed by atoms with Crippen LogP contribution in [0.3, 0.4) is 0 Å². The SMILES string of the molecule is Cc1c(Cl)cc(C(/C=C/c2ccc(CNC=O)c(Cl)c2)C(F)(F)F)cc1Cl. The lowest BCUT2D eigenvalue weighted by atomic mass is 9.96. The quantitative estimate of drug-likeness (QED) is 0.510. The van der Waals surface area contributed by atoms with E-state index < -0.39 is 12.1 Å². The second-order valence-electron chi connectivity index (χ2n) is 5.84. The minimum atomic E-state index is -4.52. The van der Waals surface area contributed by atoms with Crippen molar-refractivity contribution in [1.29, 1.82) is 0 Å². The fourth-order valence-electron chi connectivity index (χ4n) is 2.42. The smallest absolute Gasteiger partial charge is 0.355 e. The standard InChI is InChI=1S/C19H15Cl3F3NO/c1-11-16(20)7-14(8-17(11)21)15(19(23,24)25)5-3-12-2-4-13(9-26-10-27)18(22)6-12/h2-8,10,15H,9H2,1H3,(H,26,27)/b5-3+. The number of hydrogen-bond donors (Lipinski definition) is 1. The molecule has 0 aliphatic carbocycles. The molecule has 2 nitrogen and oxygen atoms in total. The van der Waals surface area contributed by atoms with Crippen LogP contribution in [0.5, 0.6) is 0 Å². The Kier molecular flexibility index (Phi) is 7.20. The van der Waals surface area contributed by atoms with Crippen LogP contribution >= 0.6 is 34.8 Å². The molecule has 2 aromatic rings. The molecule has 0 saturated heterocycles. The molecule has 0 aliphatic heterocycles. The van der Waals surface area contributed by atoms with Gasteiger partial charge >= 0.3 is 6.18 Å². The van der Waals surface area contributed by atoms with Gasteiger partial charge in [0.1, 0.15) is 0 Å². The number of amides is 1. The Morgan fingerprint density at radius 2 is 1.70 bits per heavy atom. The molecule has 144 valence electrons. The van der Waals surface area contributed by atoms with E-state index in [1.807, 2.05) is 0 Å². The summed E-state index contributed by atoms with van der Waals surface area (Å²) >= 11 is 18.1. The van der Waals surface area contributed by atoms with Crippen LogP contribution in [0, 0.1) is 6.92 Å². The Bertz CT molecular complexity index is 843. The summed E-state index contributed by atoms with van der Waals surface area (Å²) in [4.78, 5) is 10.3. The summed E-state index contributed by atoms with van der Waals surface area (Å²) in [7, 11) is 0. The summed E-state index contributed by atoms with van der Waals surface area (Å²) in [5, 5.41) is 3.17. The predicted octanol–water partition coefficient (Wildman–Crippen LogP) is 6.56. The molecule has 2 aromatic carbocycles. The largest absolute Gasteiger partial charge is 0.399 e. The molecule has 0 heterocycles. The molecule has 1 amide bonds. The van der Waals surface area contributed by atoms with Crippen LogP contribution in [0.4, 0.5) is 13.2 Å². The van der Waals surface area contributed by atoms with E-state index in [2.05, 4.69) is 5.32 Å². The third-order valence-electron chi connectivity index (χ3n) is 3.95. The maximum Gasteiger partial charge on any atom is 0.399 e. The molecule has 8 heteroatoms. The number of carbonyl (C=O) groups is 1.